The fourth-order valence-electron chi connectivity index (χ4n) is 5.70. The predicted octanol–water partition coefficient (Wildman–Crippen LogP) is 4.33. The number of methoxy groups -OCH3 is 1. The van der Waals surface area contributed by atoms with Crippen LogP contribution in [0.3, 0.4) is 0 Å². The van der Waals surface area contributed by atoms with Crippen molar-refractivity contribution in [3.8, 4) is 5.75 Å². The molecule has 5 rings (SSSR count). The summed E-state index contributed by atoms with van der Waals surface area (Å²) in [7, 11) is 4.79. The predicted molar refractivity (Wildman–Crippen MR) is 143 cm³/mol. The van der Waals surface area contributed by atoms with Crippen LogP contribution in [0, 0.1) is 11.7 Å². The molecule has 0 atom stereocenters. The average molecular weight is 536 g/mol. The first-order valence-electron chi connectivity index (χ1n) is 12.9. The molecule has 1 amide bonds. The molecule has 0 spiro atoms. The molecule has 1 saturated heterocycles. The summed E-state index contributed by atoms with van der Waals surface area (Å²) in [5.74, 6) is -1.97. The molecule has 2 heterocycles. The number of halogens is 1. The standard InChI is InChI=1S/C29H30FN3O6/c1-5-39-29(37)33-19-15-20(38-4)22(23-21(19)24(31(2)3)25(33)27(35)26(23)34)28(36)32-12-10-17(11-13-32)14-16-6-8-18(30)9-7-16/h6-9,15,17H,5,10-14H2,1-4H3. The van der Waals surface area contributed by atoms with Gasteiger partial charge in [-0.1, -0.05) is 12.1 Å². The summed E-state index contributed by atoms with van der Waals surface area (Å²) in [6.45, 7) is 2.65. The molecule has 3 aromatic rings. The van der Waals surface area contributed by atoms with Gasteiger partial charge in [-0.25, -0.2) is 13.8 Å². The Hall–Kier alpha value is -4.21. The number of aromatic nitrogens is 1. The molecule has 204 valence electrons. The summed E-state index contributed by atoms with van der Waals surface area (Å²) in [5.41, 5.74) is 1.59. The number of benzene rings is 2. The molecule has 0 radical (unpaired) electrons. The molecule has 0 saturated carbocycles. The van der Waals surface area contributed by atoms with Crippen LogP contribution in [-0.2, 0) is 11.2 Å². The van der Waals surface area contributed by atoms with Crippen molar-refractivity contribution in [2.75, 3.05) is 45.8 Å². The lowest BCUT2D eigenvalue weighted by Gasteiger charge is -2.33. The quantitative estimate of drug-likeness (QED) is 0.433. The van der Waals surface area contributed by atoms with Gasteiger partial charge in [0.1, 0.15) is 17.3 Å². The fourth-order valence-corrected chi connectivity index (χ4v) is 5.70. The van der Waals surface area contributed by atoms with E-state index in [4.69, 9.17) is 9.47 Å². The van der Waals surface area contributed by atoms with Gasteiger partial charge in [-0.15, -0.1) is 0 Å². The zero-order chi connectivity index (χ0) is 28.0. The molecule has 1 aromatic heterocycles. The smallest absolute Gasteiger partial charge is 0.419 e. The maximum absolute atomic E-state index is 13.9. The van der Waals surface area contributed by atoms with Crippen molar-refractivity contribution in [2.45, 2.75) is 26.2 Å². The molecule has 10 heteroatoms. The topological polar surface area (TPSA) is 98.2 Å². The molecule has 0 N–H and O–H groups in total. The highest BCUT2D eigenvalue weighted by Crippen LogP contribution is 2.45. The van der Waals surface area contributed by atoms with Crippen molar-refractivity contribution < 1.29 is 33.0 Å². The number of hydrogen-bond acceptors (Lipinski definition) is 7. The number of likely N-dealkylation sites (tertiary alicyclic amines) is 1. The molecule has 2 bridgehead atoms. The lowest BCUT2D eigenvalue weighted by molar-refractivity contribution is 0.0682. The first kappa shape index (κ1) is 26.4. The second-order valence-corrected chi connectivity index (χ2v) is 10.1. The van der Waals surface area contributed by atoms with E-state index in [0.29, 0.717) is 30.1 Å². The van der Waals surface area contributed by atoms with E-state index in [-0.39, 0.29) is 40.5 Å². The minimum absolute atomic E-state index is 0.0238. The van der Waals surface area contributed by atoms with Gasteiger partial charge in [-0.05, 0) is 49.8 Å². The number of ketones is 2. The first-order chi connectivity index (χ1) is 18.7. The number of nitrogens with zero attached hydrogens (tertiary/aromatic N) is 3. The van der Waals surface area contributed by atoms with Crippen LogP contribution in [0.25, 0.3) is 10.9 Å². The van der Waals surface area contributed by atoms with Crippen molar-refractivity contribution in [3.05, 3.63) is 58.5 Å². The van der Waals surface area contributed by atoms with Gasteiger partial charge >= 0.3 is 6.09 Å². The van der Waals surface area contributed by atoms with Crippen LogP contribution < -0.4 is 9.64 Å². The average Bonchev–Trinajstić information content (AvgIpc) is 3.25. The minimum atomic E-state index is -0.880. The highest BCUT2D eigenvalue weighted by Gasteiger charge is 2.43. The Morgan fingerprint density at radius 3 is 2.33 bits per heavy atom. The fraction of sp³-hybridized carbons (Fsp3) is 0.379. The Morgan fingerprint density at radius 2 is 1.74 bits per heavy atom. The Kier molecular flexibility index (Phi) is 6.88. The van der Waals surface area contributed by atoms with Crippen LogP contribution >= 0.6 is 0 Å². The summed E-state index contributed by atoms with van der Waals surface area (Å²) in [6, 6.07) is 7.97. The van der Waals surface area contributed by atoms with Crippen LogP contribution in [0.4, 0.5) is 14.9 Å². The maximum atomic E-state index is 13.9. The van der Waals surface area contributed by atoms with E-state index in [2.05, 4.69) is 0 Å². The van der Waals surface area contributed by atoms with Crippen LogP contribution in [0.1, 0.15) is 56.5 Å². The zero-order valence-electron chi connectivity index (χ0n) is 22.4. The number of rotatable bonds is 6. The third-order valence-electron chi connectivity index (χ3n) is 7.52. The molecule has 39 heavy (non-hydrogen) atoms. The molecular weight excluding hydrogens is 505 g/mol. The van der Waals surface area contributed by atoms with Crippen molar-refractivity contribution in [3.63, 3.8) is 0 Å². The molecule has 9 nitrogen and oxygen atoms in total. The highest BCUT2D eigenvalue weighted by molar-refractivity contribution is 6.56. The maximum Gasteiger partial charge on any atom is 0.419 e. The van der Waals surface area contributed by atoms with E-state index in [0.717, 1.165) is 29.4 Å². The largest absolute Gasteiger partial charge is 0.496 e. The third kappa shape index (κ3) is 4.33. The van der Waals surface area contributed by atoms with E-state index in [1.165, 1.54) is 25.3 Å². The first-order valence-corrected chi connectivity index (χ1v) is 12.9. The van der Waals surface area contributed by atoms with Crippen molar-refractivity contribution in [2.24, 2.45) is 5.92 Å². The second kappa shape index (κ2) is 10.2. The van der Waals surface area contributed by atoms with E-state index < -0.39 is 23.6 Å². The Labute approximate surface area is 225 Å². The number of hydrogen-bond donors (Lipinski definition) is 0. The summed E-state index contributed by atoms with van der Waals surface area (Å²) < 4.78 is 25.1. The zero-order valence-corrected chi connectivity index (χ0v) is 22.4. The van der Waals surface area contributed by atoms with Crippen molar-refractivity contribution in [1.29, 1.82) is 0 Å². The van der Waals surface area contributed by atoms with Crippen LogP contribution in [-0.4, -0.2) is 73.9 Å². The summed E-state index contributed by atoms with van der Waals surface area (Å²) in [4.78, 5) is 57.0. The van der Waals surface area contributed by atoms with Crippen molar-refractivity contribution in [1.82, 2.24) is 9.47 Å². The number of carbonyl (C=O) groups is 4. The number of piperidine rings is 1. The molecule has 2 aromatic carbocycles. The number of anilines is 1. The molecule has 1 aliphatic carbocycles. The summed E-state index contributed by atoms with van der Waals surface area (Å²) >= 11 is 0. The van der Waals surface area contributed by atoms with Crippen LogP contribution in [0.2, 0.25) is 0 Å². The van der Waals surface area contributed by atoms with Gasteiger partial charge in [0.25, 0.3) is 11.7 Å². The summed E-state index contributed by atoms with van der Waals surface area (Å²) in [5, 5.41) is 0.350. The molecule has 2 aliphatic rings. The van der Waals surface area contributed by atoms with Crippen LogP contribution in [0.15, 0.2) is 30.3 Å². The van der Waals surface area contributed by atoms with Gasteiger partial charge in [0, 0.05) is 38.6 Å². The number of Topliss-reactive ketones (excluding diaryl/α,β-unsaturated/α-hetero) is 2. The van der Waals surface area contributed by atoms with E-state index in [9.17, 15) is 23.6 Å². The summed E-state index contributed by atoms with van der Waals surface area (Å²) in [6.07, 6.45) is 1.47. The van der Waals surface area contributed by atoms with Gasteiger partial charge in [0.15, 0.2) is 0 Å². The number of ether oxygens (including phenoxy) is 2. The van der Waals surface area contributed by atoms with Gasteiger partial charge in [0.2, 0.25) is 5.78 Å². The van der Waals surface area contributed by atoms with E-state index in [1.54, 1.807) is 43.0 Å². The number of fused-ring (bicyclic) bond motifs is 1. The Morgan fingerprint density at radius 1 is 1.08 bits per heavy atom. The number of amides is 1. The molecule has 1 aliphatic heterocycles. The molecular formula is C29H30FN3O6. The van der Waals surface area contributed by atoms with E-state index >= 15 is 0 Å². The normalized spacial score (nSPS) is 15.3. The Bertz CT molecular complexity index is 1500. The monoisotopic (exact) mass is 535 g/mol. The molecule has 0 unspecified atom stereocenters. The van der Waals surface area contributed by atoms with E-state index in [1.807, 2.05) is 0 Å². The van der Waals surface area contributed by atoms with Gasteiger partial charge < -0.3 is 19.3 Å². The Balaban J connectivity index is 1.54. The second-order valence-electron chi connectivity index (χ2n) is 10.1. The van der Waals surface area contributed by atoms with Gasteiger partial charge in [-0.2, -0.15) is 0 Å². The lowest BCUT2D eigenvalue weighted by Crippen LogP contribution is -2.40. The lowest BCUT2D eigenvalue weighted by atomic mass is 9.88. The van der Waals surface area contributed by atoms with Gasteiger partial charge in [0.05, 0.1) is 36.0 Å². The molecule has 1 fully saturated rings. The van der Waals surface area contributed by atoms with Gasteiger partial charge in [-0.3, -0.25) is 14.4 Å². The van der Waals surface area contributed by atoms with Crippen LogP contribution in [0.5, 0.6) is 5.75 Å². The third-order valence-corrected chi connectivity index (χ3v) is 7.52. The number of carbonyl (C=O) groups excluding carboxylic acids is 4. The highest BCUT2D eigenvalue weighted by atomic mass is 19.1. The van der Waals surface area contributed by atoms with Crippen molar-refractivity contribution >= 4 is 40.2 Å². The SMILES string of the molecule is CCOC(=O)n1c2c(N(C)C)c3c(c(C(=O)N4CCC(Cc5ccc(F)cc5)CC4)c(OC)cc31)C(=O)C2=O. The minimum Gasteiger partial charge on any atom is -0.496 e.